The molecular formula is C16H14F3NO. The lowest BCUT2D eigenvalue weighted by Crippen LogP contribution is -2.21. The molecule has 0 aliphatic rings. The van der Waals surface area contributed by atoms with Crippen LogP contribution in [0.25, 0.3) is 0 Å². The van der Waals surface area contributed by atoms with Crippen LogP contribution in [-0.2, 0) is 0 Å². The van der Waals surface area contributed by atoms with E-state index in [1.807, 2.05) is 0 Å². The van der Waals surface area contributed by atoms with Crippen molar-refractivity contribution in [2.45, 2.75) is 6.42 Å². The number of benzene rings is 2. The van der Waals surface area contributed by atoms with Crippen molar-refractivity contribution in [3.05, 3.63) is 65.5 Å². The van der Waals surface area contributed by atoms with E-state index >= 15 is 0 Å². The maximum atomic E-state index is 13.5. The molecule has 0 amide bonds. The van der Waals surface area contributed by atoms with Crippen LogP contribution in [0.3, 0.4) is 0 Å². The molecule has 0 aromatic heterocycles. The number of hydrogen-bond donors (Lipinski definition) is 0. The Morgan fingerprint density at radius 3 is 2.52 bits per heavy atom. The molecule has 0 atom stereocenters. The Hall–Kier alpha value is -2.30. The quantitative estimate of drug-likeness (QED) is 0.781. The molecule has 0 spiro atoms. The number of carbonyl (C=O) groups is 1. The van der Waals surface area contributed by atoms with Crippen LogP contribution in [0.4, 0.5) is 18.9 Å². The molecule has 0 saturated carbocycles. The molecule has 0 aliphatic heterocycles. The summed E-state index contributed by atoms with van der Waals surface area (Å²) >= 11 is 0. The highest BCUT2D eigenvalue weighted by Crippen LogP contribution is 2.16. The summed E-state index contributed by atoms with van der Waals surface area (Å²) < 4.78 is 39.7. The lowest BCUT2D eigenvalue weighted by atomic mass is 10.1. The number of hydrogen-bond acceptors (Lipinski definition) is 2. The Balaban J connectivity index is 2.02. The number of rotatable bonds is 5. The second-order valence-electron chi connectivity index (χ2n) is 4.68. The predicted octanol–water partition coefficient (Wildman–Crippen LogP) is 3.81. The summed E-state index contributed by atoms with van der Waals surface area (Å²) in [7, 11) is 1.70. The Morgan fingerprint density at radius 1 is 1.10 bits per heavy atom. The van der Waals surface area contributed by atoms with Crippen LogP contribution >= 0.6 is 0 Å². The summed E-state index contributed by atoms with van der Waals surface area (Å²) in [6, 6.07) is 9.44. The Kier molecular flexibility index (Phi) is 4.62. The van der Waals surface area contributed by atoms with E-state index in [1.54, 1.807) is 24.1 Å². The van der Waals surface area contributed by atoms with Crippen LogP contribution in [0.15, 0.2) is 42.5 Å². The number of anilines is 1. The number of carbonyl (C=O) groups excluding carboxylic acids is 1. The first-order chi connectivity index (χ1) is 9.99. The fourth-order valence-corrected chi connectivity index (χ4v) is 1.97. The second kappa shape index (κ2) is 6.43. The van der Waals surface area contributed by atoms with E-state index in [0.717, 1.165) is 6.07 Å². The van der Waals surface area contributed by atoms with Gasteiger partial charge in [0.05, 0.1) is 5.56 Å². The van der Waals surface area contributed by atoms with Crippen LogP contribution in [0.1, 0.15) is 16.8 Å². The lowest BCUT2D eigenvalue weighted by Gasteiger charge is -2.18. The van der Waals surface area contributed by atoms with Gasteiger partial charge in [0, 0.05) is 25.7 Å². The van der Waals surface area contributed by atoms with Gasteiger partial charge in [-0.25, -0.2) is 13.2 Å². The highest BCUT2D eigenvalue weighted by Gasteiger charge is 2.15. The molecule has 0 saturated heterocycles. The van der Waals surface area contributed by atoms with E-state index in [9.17, 15) is 18.0 Å². The third-order valence-electron chi connectivity index (χ3n) is 3.18. The van der Waals surface area contributed by atoms with E-state index in [-0.39, 0.29) is 24.3 Å². The Bertz CT molecular complexity index is 658. The van der Waals surface area contributed by atoms with Crippen molar-refractivity contribution in [2.24, 2.45) is 0 Å². The minimum Gasteiger partial charge on any atom is -0.374 e. The largest absolute Gasteiger partial charge is 0.374 e. The normalized spacial score (nSPS) is 10.5. The van der Waals surface area contributed by atoms with Gasteiger partial charge < -0.3 is 4.90 Å². The van der Waals surface area contributed by atoms with E-state index in [4.69, 9.17) is 0 Å². The highest BCUT2D eigenvalue weighted by molar-refractivity contribution is 5.96. The molecule has 2 rings (SSSR count). The van der Waals surface area contributed by atoms with Crippen LogP contribution in [0, 0.1) is 17.5 Å². The molecule has 2 aromatic carbocycles. The third kappa shape index (κ3) is 3.62. The minimum atomic E-state index is -1.13. The van der Waals surface area contributed by atoms with Crippen molar-refractivity contribution in [2.75, 3.05) is 18.5 Å². The molecule has 21 heavy (non-hydrogen) atoms. The van der Waals surface area contributed by atoms with Gasteiger partial charge in [-0.3, -0.25) is 4.79 Å². The van der Waals surface area contributed by atoms with Crippen molar-refractivity contribution in [3.8, 4) is 0 Å². The summed E-state index contributed by atoms with van der Waals surface area (Å²) in [5.41, 5.74) is 0.352. The molecular weight excluding hydrogens is 279 g/mol. The number of Topliss-reactive ketones (excluding diaryl/α,β-unsaturated/α-hetero) is 1. The van der Waals surface area contributed by atoms with Gasteiger partial charge in [0.15, 0.2) is 17.4 Å². The molecule has 0 aliphatic carbocycles. The number of ketones is 1. The molecule has 0 heterocycles. The molecule has 5 heteroatoms. The van der Waals surface area contributed by atoms with Gasteiger partial charge in [-0.2, -0.15) is 0 Å². The van der Waals surface area contributed by atoms with E-state index in [0.29, 0.717) is 5.69 Å². The number of nitrogens with zero attached hydrogens (tertiary/aromatic N) is 1. The minimum absolute atomic E-state index is 0.00733. The fourth-order valence-electron chi connectivity index (χ4n) is 1.97. The zero-order valence-electron chi connectivity index (χ0n) is 11.4. The first-order valence-electron chi connectivity index (χ1n) is 6.43. The van der Waals surface area contributed by atoms with E-state index in [2.05, 4.69) is 0 Å². The first-order valence-corrected chi connectivity index (χ1v) is 6.43. The van der Waals surface area contributed by atoms with E-state index < -0.39 is 17.4 Å². The third-order valence-corrected chi connectivity index (χ3v) is 3.18. The molecule has 0 unspecified atom stereocenters. The van der Waals surface area contributed by atoms with Crippen molar-refractivity contribution >= 4 is 11.5 Å². The summed E-state index contributed by atoms with van der Waals surface area (Å²) in [5, 5.41) is 0. The van der Waals surface area contributed by atoms with Gasteiger partial charge in [0.25, 0.3) is 0 Å². The molecule has 0 bridgehead atoms. The standard InChI is InChI=1S/C16H14F3NO/c1-20(12-5-2-4-11(17)10-12)9-8-15(21)13-6-3-7-14(18)16(13)19/h2-7,10H,8-9H2,1H3. The van der Waals surface area contributed by atoms with Gasteiger partial charge in [-0.05, 0) is 30.3 Å². The topological polar surface area (TPSA) is 20.3 Å². The maximum absolute atomic E-state index is 13.5. The molecule has 0 fully saturated rings. The fraction of sp³-hybridized carbons (Fsp3) is 0.188. The van der Waals surface area contributed by atoms with Gasteiger partial charge in [-0.15, -0.1) is 0 Å². The smallest absolute Gasteiger partial charge is 0.169 e. The van der Waals surface area contributed by atoms with Crippen molar-refractivity contribution < 1.29 is 18.0 Å². The second-order valence-corrected chi connectivity index (χ2v) is 4.68. The molecule has 0 radical (unpaired) electrons. The molecule has 0 N–H and O–H groups in total. The van der Waals surface area contributed by atoms with E-state index in [1.165, 1.54) is 24.3 Å². The Labute approximate surface area is 120 Å². The zero-order valence-corrected chi connectivity index (χ0v) is 11.4. The summed E-state index contributed by atoms with van der Waals surface area (Å²) in [6.45, 7) is 0.276. The zero-order chi connectivity index (χ0) is 15.4. The highest BCUT2D eigenvalue weighted by atomic mass is 19.2. The molecule has 2 nitrogen and oxygen atoms in total. The van der Waals surface area contributed by atoms with Crippen molar-refractivity contribution in [3.63, 3.8) is 0 Å². The van der Waals surface area contributed by atoms with Crippen LogP contribution in [-0.4, -0.2) is 19.4 Å². The van der Waals surface area contributed by atoms with Gasteiger partial charge in [0.1, 0.15) is 5.82 Å². The van der Waals surface area contributed by atoms with Gasteiger partial charge in [0.2, 0.25) is 0 Å². The average molecular weight is 293 g/mol. The Morgan fingerprint density at radius 2 is 1.81 bits per heavy atom. The van der Waals surface area contributed by atoms with Gasteiger partial charge in [-0.1, -0.05) is 12.1 Å². The molecule has 110 valence electrons. The molecule has 2 aromatic rings. The predicted molar refractivity (Wildman–Crippen MR) is 75.0 cm³/mol. The van der Waals surface area contributed by atoms with Crippen molar-refractivity contribution in [1.82, 2.24) is 0 Å². The summed E-state index contributed by atoms with van der Waals surface area (Å²) in [4.78, 5) is 13.6. The number of halogens is 3. The summed E-state index contributed by atoms with van der Waals surface area (Å²) in [5.74, 6) is -3.03. The lowest BCUT2D eigenvalue weighted by molar-refractivity contribution is 0.0980. The van der Waals surface area contributed by atoms with Crippen LogP contribution in [0.2, 0.25) is 0 Å². The van der Waals surface area contributed by atoms with Gasteiger partial charge >= 0.3 is 0 Å². The van der Waals surface area contributed by atoms with Crippen molar-refractivity contribution in [1.29, 1.82) is 0 Å². The van der Waals surface area contributed by atoms with Crippen LogP contribution in [0.5, 0.6) is 0 Å². The van der Waals surface area contributed by atoms with Crippen LogP contribution < -0.4 is 4.90 Å². The SMILES string of the molecule is CN(CCC(=O)c1cccc(F)c1F)c1cccc(F)c1. The maximum Gasteiger partial charge on any atom is 0.169 e. The monoisotopic (exact) mass is 293 g/mol. The average Bonchev–Trinajstić information content (AvgIpc) is 2.47. The first kappa shape index (κ1) is 15.1. The summed E-state index contributed by atoms with van der Waals surface area (Å²) in [6.07, 6.45) is 0.00733.